The minimum atomic E-state index is -0.976. The third-order valence-corrected chi connectivity index (χ3v) is 4.57. The molecule has 1 saturated heterocycles. The van der Waals surface area contributed by atoms with E-state index in [1.807, 2.05) is 18.2 Å². The summed E-state index contributed by atoms with van der Waals surface area (Å²) >= 11 is 0. The van der Waals surface area contributed by atoms with Crippen LogP contribution in [0.15, 0.2) is 29.2 Å². The SMILES string of the molecule is Nc1ccccc1S(=O)CCCC1CCCO1. The lowest BCUT2D eigenvalue weighted by atomic mass is 10.1. The molecule has 3 nitrogen and oxygen atoms in total. The summed E-state index contributed by atoms with van der Waals surface area (Å²) in [6.07, 6.45) is 4.66. The van der Waals surface area contributed by atoms with Crippen molar-refractivity contribution < 1.29 is 8.95 Å². The van der Waals surface area contributed by atoms with Gasteiger partial charge in [0.05, 0.1) is 21.8 Å². The van der Waals surface area contributed by atoms with Gasteiger partial charge in [0.2, 0.25) is 0 Å². The summed E-state index contributed by atoms with van der Waals surface area (Å²) in [4.78, 5) is 0.764. The van der Waals surface area contributed by atoms with Crippen LogP contribution in [0.4, 0.5) is 5.69 Å². The highest BCUT2D eigenvalue weighted by Crippen LogP contribution is 2.19. The van der Waals surface area contributed by atoms with E-state index < -0.39 is 10.8 Å². The molecule has 0 amide bonds. The van der Waals surface area contributed by atoms with E-state index >= 15 is 0 Å². The van der Waals surface area contributed by atoms with Crippen LogP contribution in [-0.4, -0.2) is 22.7 Å². The molecule has 2 N–H and O–H groups in total. The van der Waals surface area contributed by atoms with Crippen LogP contribution in [0.3, 0.4) is 0 Å². The van der Waals surface area contributed by atoms with E-state index in [4.69, 9.17) is 10.5 Å². The van der Waals surface area contributed by atoms with Gasteiger partial charge >= 0.3 is 0 Å². The van der Waals surface area contributed by atoms with E-state index in [0.717, 1.165) is 30.8 Å². The average Bonchev–Trinajstić information content (AvgIpc) is 2.82. The summed E-state index contributed by atoms with van der Waals surface area (Å²) in [6, 6.07) is 7.39. The van der Waals surface area contributed by atoms with Gasteiger partial charge in [0.25, 0.3) is 0 Å². The van der Waals surface area contributed by atoms with Crippen LogP contribution in [0, 0.1) is 0 Å². The van der Waals surface area contributed by atoms with Crippen molar-refractivity contribution in [2.75, 3.05) is 18.1 Å². The van der Waals surface area contributed by atoms with Crippen molar-refractivity contribution in [3.05, 3.63) is 24.3 Å². The van der Waals surface area contributed by atoms with E-state index in [9.17, 15) is 4.21 Å². The number of hydrogen-bond acceptors (Lipinski definition) is 3. The fourth-order valence-electron chi connectivity index (χ4n) is 2.11. The van der Waals surface area contributed by atoms with Gasteiger partial charge in [-0.05, 0) is 37.8 Å². The number of nitrogen functional groups attached to an aromatic ring is 1. The Bertz CT molecular complexity index is 389. The second-order valence-corrected chi connectivity index (χ2v) is 5.90. The molecule has 0 bridgehead atoms. The fraction of sp³-hybridized carbons (Fsp3) is 0.538. The monoisotopic (exact) mass is 253 g/mol. The molecule has 1 aliphatic rings. The zero-order valence-corrected chi connectivity index (χ0v) is 10.7. The lowest BCUT2D eigenvalue weighted by Crippen LogP contribution is -2.08. The Morgan fingerprint density at radius 2 is 2.24 bits per heavy atom. The standard InChI is InChI=1S/C13H19NO2S/c14-12-7-1-2-8-13(12)17(15)10-4-6-11-5-3-9-16-11/h1-2,7-8,11H,3-6,9-10,14H2. The average molecular weight is 253 g/mol. The number of nitrogens with two attached hydrogens (primary N) is 1. The van der Waals surface area contributed by atoms with Crippen molar-refractivity contribution in [2.45, 2.75) is 36.7 Å². The van der Waals surface area contributed by atoms with Crippen molar-refractivity contribution in [3.63, 3.8) is 0 Å². The molecule has 0 aliphatic carbocycles. The minimum absolute atomic E-state index is 0.389. The molecule has 2 rings (SSSR count). The van der Waals surface area contributed by atoms with Gasteiger partial charge in [-0.25, -0.2) is 0 Å². The Labute approximate surface area is 105 Å². The third-order valence-electron chi connectivity index (χ3n) is 3.04. The molecule has 2 unspecified atom stereocenters. The molecule has 17 heavy (non-hydrogen) atoms. The smallest absolute Gasteiger partial charge is 0.0617 e. The highest BCUT2D eigenvalue weighted by atomic mass is 32.2. The number of hydrogen-bond donors (Lipinski definition) is 1. The van der Waals surface area contributed by atoms with Crippen LogP contribution >= 0.6 is 0 Å². The molecule has 94 valence electrons. The summed E-state index contributed by atoms with van der Waals surface area (Å²) in [5.41, 5.74) is 6.43. The Morgan fingerprint density at radius 3 is 2.94 bits per heavy atom. The molecule has 4 heteroatoms. The maximum absolute atomic E-state index is 12.0. The molecular formula is C13H19NO2S. The quantitative estimate of drug-likeness (QED) is 0.819. The molecule has 0 radical (unpaired) electrons. The molecule has 1 aliphatic heterocycles. The predicted molar refractivity (Wildman–Crippen MR) is 70.3 cm³/mol. The lowest BCUT2D eigenvalue weighted by Gasteiger charge is -2.09. The van der Waals surface area contributed by atoms with E-state index in [0.29, 0.717) is 17.5 Å². The largest absolute Gasteiger partial charge is 0.398 e. The summed E-state index contributed by atoms with van der Waals surface area (Å²) in [5.74, 6) is 0.675. The van der Waals surface area contributed by atoms with Gasteiger partial charge in [0, 0.05) is 18.0 Å². The second-order valence-electron chi connectivity index (χ2n) is 4.36. The van der Waals surface area contributed by atoms with Gasteiger partial charge < -0.3 is 10.5 Å². The van der Waals surface area contributed by atoms with Crippen LogP contribution in [0.1, 0.15) is 25.7 Å². The normalized spacial score (nSPS) is 21.5. The molecule has 2 atom stereocenters. The van der Waals surface area contributed by atoms with Crippen molar-refractivity contribution in [1.29, 1.82) is 0 Å². The third kappa shape index (κ3) is 3.54. The highest BCUT2D eigenvalue weighted by Gasteiger charge is 2.15. The molecule has 1 aromatic rings. The summed E-state index contributed by atoms with van der Waals surface area (Å²) in [7, 11) is -0.976. The maximum atomic E-state index is 12.0. The van der Waals surface area contributed by atoms with Crippen LogP contribution in [0.5, 0.6) is 0 Å². The molecule has 0 aromatic heterocycles. The van der Waals surface area contributed by atoms with Crippen molar-refractivity contribution in [1.82, 2.24) is 0 Å². The first-order valence-corrected chi connectivity index (χ1v) is 7.44. The van der Waals surface area contributed by atoms with Gasteiger partial charge in [-0.1, -0.05) is 12.1 Å². The molecule has 1 fully saturated rings. The summed E-state index contributed by atoms with van der Waals surface area (Å²) in [5, 5.41) is 0. The van der Waals surface area contributed by atoms with Crippen molar-refractivity contribution in [2.24, 2.45) is 0 Å². The Balaban J connectivity index is 1.79. The topological polar surface area (TPSA) is 52.3 Å². The molecular weight excluding hydrogens is 234 g/mol. The first kappa shape index (κ1) is 12.6. The van der Waals surface area contributed by atoms with Gasteiger partial charge in [-0.3, -0.25) is 4.21 Å². The summed E-state index contributed by atoms with van der Waals surface area (Å²) in [6.45, 7) is 0.888. The highest BCUT2D eigenvalue weighted by molar-refractivity contribution is 7.85. The van der Waals surface area contributed by atoms with Crippen LogP contribution < -0.4 is 5.73 Å². The zero-order valence-electron chi connectivity index (χ0n) is 9.93. The Morgan fingerprint density at radius 1 is 1.41 bits per heavy atom. The Hall–Kier alpha value is -0.870. The van der Waals surface area contributed by atoms with Gasteiger partial charge in [0.1, 0.15) is 0 Å². The number of anilines is 1. The first-order chi connectivity index (χ1) is 8.27. The summed E-state index contributed by atoms with van der Waals surface area (Å²) < 4.78 is 17.6. The maximum Gasteiger partial charge on any atom is 0.0617 e. The first-order valence-electron chi connectivity index (χ1n) is 6.12. The molecule has 0 spiro atoms. The van der Waals surface area contributed by atoms with Crippen molar-refractivity contribution >= 4 is 16.5 Å². The van der Waals surface area contributed by atoms with E-state index in [2.05, 4.69) is 0 Å². The second kappa shape index (κ2) is 6.17. The van der Waals surface area contributed by atoms with E-state index in [1.54, 1.807) is 6.07 Å². The van der Waals surface area contributed by atoms with Gasteiger partial charge in [0.15, 0.2) is 0 Å². The van der Waals surface area contributed by atoms with Crippen LogP contribution in [-0.2, 0) is 15.5 Å². The zero-order chi connectivity index (χ0) is 12.1. The molecule has 1 aromatic carbocycles. The minimum Gasteiger partial charge on any atom is -0.398 e. The predicted octanol–water partition coefficient (Wildman–Crippen LogP) is 2.34. The number of para-hydroxylation sites is 1. The Kier molecular flexibility index (Phi) is 4.57. The van der Waals surface area contributed by atoms with E-state index in [1.165, 1.54) is 6.42 Å². The van der Waals surface area contributed by atoms with Crippen LogP contribution in [0.2, 0.25) is 0 Å². The van der Waals surface area contributed by atoms with Crippen molar-refractivity contribution in [3.8, 4) is 0 Å². The fourth-order valence-corrected chi connectivity index (χ4v) is 3.32. The van der Waals surface area contributed by atoms with Gasteiger partial charge in [-0.2, -0.15) is 0 Å². The van der Waals surface area contributed by atoms with E-state index in [-0.39, 0.29) is 0 Å². The van der Waals surface area contributed by atoms with Gasteiger partial charge in [-0.15, -0.1) is 0 Å². The molecule has 1 heterocycles. The number of ether oxygens (including phenoxy) is 1. The number of benzene rings is 1. The lowest BCUT2D eigenvalue weighted by molar-refractivity contribution is 0.104. The molecule has 0 saturated carbocycles. The van der Waals surface area contributed by atoms with Crippen LogP contribution in [0.25, 0.3) is 0 Å². The number of rotatable bonds is 5.